The van der Waals surface area contributed by atoms with Gasteiger partial charge in [-0.25, -0.2) is 0 Å². The van der Waals surface area contributed by atoms with Crippen molar-refractivity contribution in [1.82, 2.24) is 15.6 Å². The minimum Gasteiger partial charge on any atom is -0.342 e. The van der Waals surface area contributed by atoms with Crippen LogP contribution in [0.2, 0.25) is 0 Å². The fourth-order valence-electron chi connectivity index (χ4n) is 1.23. The molecule has 0 aliphatic carbocycles. The summed E-state index contributed by atoms with van der Waals surface area (Å²) in [5.41, 5.74) is 0. The number of hydrogen-bond acceptors (Lipinski definition) is 4. The van der Waals surface area contributed by atoms with Crippen molar-refractivity contribution in [2.75, 3.05) is 19.6 Å². The SMILES string of the molecule is [CH2-]CCNCCCN(C(C)C)N([OH2+])N=O.[Nb]. The molecule has 6 nitrogen and oxygen atoms in total. The van der Waals surface area contributed by atoms with Crippen molar-refractivity contribution >= 4 is 0 Å². The van der Waals surface area contributed by atoms with Crippen LogP contribution in [0.5, 0.6) is 0 Å². The molecule has 0 atom stereocenters. The van der Waals surface area contributed by atoms with Gasteiger partial charge in [-0.2, -0.15) is 6.42 Å². The predicted molar refractivity (Wildman–Crippen MR) is 60.6 cm³/mol. The standard InChI is InChI=1S/C9H21N4O2.Nb/c1-4-6-10-7-5-8-12(9(2)3)13(15)11-14;/h9-10,15H,1,4-8H2,2-3H3;/q-1;/p+1. The van der Waals surface area contributed by atoms with Crippen LogP contribution in [-0.2, 0) is 22.4 Å². The van der Waals surface area contributed by atoms with E-state index >= 15 is 0 Å². The molecule has 0 bridgehead atoms. The number of hydrogen-bond donors (Lipinski definition) is 1. The summed E-state index contributed by atoms with van der Waals surface area (Å²) in [5.74, 6) is 0. The molecule has 0 saturated carbocycles. The number of nitroso groups, excluding NO2 is 1. The van der Waals surface area contributed by atoms with Gasteiger partial charge in [0.2, 0.25) is 0 Å². The van der Waals surface area contributed by atoms with Gasteiger partial charge in [-0.1, -0.05) is 0 Å². The number of hydrazine groups is 1. The van der Waals surface area contributed by atoms with Crippen LogP contribution in [0.1, 0.15) is 26.7 Å². The summed E-state index contributed by atoms with van der Waals surface area (Å²) >= 11 is 0. The molecular weight excluding hydrogens is 289 g/mol. The van der Waals surface area contributed by atoms with Gasteiger partial charge in [-0.3, -0.25) is 5.21 Å². The molecule has 0 rings (SSSR count). The molecule has 0 unspecified atom stereocenters. The number of nitrogens with zero attached hydrogens (tertiary/aromatic N) is 3. The van der Waals surface area contributed by atoms with E-state index in [-0.39, 0.29) is 28.4 Å². The van der Waals surface area contributed by atoms with Crippen LogP contribution in [0.3, 0.4) is 0 Å². The second-order valence-electron chi connectivity index (χ2n) is 3.59. The summed E-state index contributed by atoms with van der Waals surface area (Å²) in [6.45, 7) is 9.99. The van der Waals surface area contributed by atoms with Crippen molar-refractivity contribution in [2.45, 2.75) is 32.7 Å². The zero-order valence-corrected chi connectivity index (χ0v) is 12.2. The summed E-state index contributed by atoms with van der Waals surface area (Å²) in [5, 5.41) is 15.3. The van der Waals surface area contributed by atoms with E-state index in [0.717, 1.165) is 25.9 Å². The Hall–Kier alpha value is 0.0203. The number of nitrogens with one attached hydrogen (secondary N) is 1. The van der Waals surface area contributed by atoms with E-state index < -0.39 is 0 Å². The van der Waals surface area contributed by atoms with Crippen molar-refractivity contribution in [2.24, 2.45) is 5.29 Å². The van der Waals surface area contributed by atoms with E-state index in [9.17, 15) is 4.91 Å². The maximum absolute atomic E-state index is 10.2. The van der Waals surface area contributed by atoms with Gasteiger partial charge in [0.1, 0.15) is 5.29 Å². The van der Waals surface area contributed by atoms with Crippen LogP contribution < -0.4 is 5.32 Å². The minimum atomic E-state index is 0. The zero-order chi connectivity index (χ0) is 11.7. The molecule has 0 aromatic rings. The maximum Gasteiger partial charge on any atom is 0.138 e. The van der Waals surface area contributed by atoms with Gasteiger partial charge in [0.05, 0.1) is 5.28 Å². The summed E-state index contributed by atoms with van der Waals surface area (Å²) in [4.78, 5) is 10.2. The van der Waals surface area contributed by atoms with Crippen LogP contribution in [-0.4, -0.2) is 41.2 Å². The molecule has 7 heteroatoms. The van der Waals surface area contributed by atoms with E-state index in [2.05, 4.69) is 17.5 Å². The van der Waals surface area contributed by atoms with Crippen molar-refractivity contribution in [3.05, 3.63) is 11.8 Å². The first-order chi connectivity index (χ1) is 7.13. The third-order valence-electron chi connectivity index (χ3n) is 2.01. The van der Waals surface area contributed by atoms with Crippen molar-refractivity contribution in [1.29, 1.82) is 0 Å². The molecule has 0 aliphatic heterocycles. The first kappa shape index (κ1) is 18.4. The summed E-state index contributed by atoms with van der Waals surface area (Å²) in [6.07, 6.45) is 1.75. The Labute approximate surface area is 113 Å². The van der Waals surface area contributed by atoms with Crippen LogP contribution >= 0.6 is 0 Å². The fourth-order valence-corrected chi connectivity index (χ4v) is 1.23. The van der Waals surface area contributed by atoms with Gasteiger partial charge in [0.25, 0.3) is 0 Å². The summed E-state index contributed by atoms with van der Waals surface area (Å²) in [6, 6.07) is 0.105. The average Bonchev–Trinajstić information content (AvgIpc) is 2.22. The first-order valence-corrected chi connectivity index (χ1v) is 5.24. The molecule has 0 aromatic heterocycles. The second kappa shape index (κ2) is 11.5. The van der Waals surface area contributed by atoms with Gasteiger partial charge in [-0.15, -0.1) is 9.92 Å². The molecule has 0 fully saturated rings. The van der Waals surface area contributed by atoms with E-state index in [1.807, 2.05) is 13.8 Å². The van der Waals surface area contributed by atoms with Gasteiger partial charge in [0, 0.05) is 35.0 Å². The van der Waals surface area contributed by atoms with E-state index in [1.165, 1.54) is 0 Å². The second-order valence-corrected chi connectivity index (χ2v) is 3.59. The largest absolute Gasteiger partial charge is 0.342 e. The zero-order valence-electron chi connectivity index (χ0n) is 10.0. The van der Waals surface area contributed by atoms with Gasteiger partial charge in [0.15, 0.2) is 0 Å². The molecule has 1 radical (unpaired) electrons. The van der Waals surface area contributed by atoms with Gasteiger partial charge >= 0.3 is 0 Å². The van der Waals surface area contributed by atoms with E-state index in [4.69, 9.17) is 5.21 Å². The topological polar surface area (TPSA) is 70.8 Å². The maximum atomic E-state index is 10.2. The molecule has 3 N–H and O–H groups in total. The Morgan fingerprint density at radius 3 is 2.50 bits per heavy atom. The Bertz CT molecular complexity index is 172. The third kappa shape index (κ3) is 8.20. The monoisotopic (exact) mass is 311 g/mol. The summed E-state index contributed by atoms with van der Waals surface area (Å²) < 4.78 is 0. The Balaban J connectivity index is 0. The molecule has 0 saturated heterocycles. The van der Waals surface area contributed by atoms with Crippen LogP contribution in [0, 0.1) is 11.8 Å². The molecule has 0 spiro atoms. The Morgan fingerprint density at radius 1 is 1.44 bits per heavy atom. The van der Waals surface area contributed by atoms with Gasteiger partial charge in [-0.05, 0) is 33.4 Å². The summed E-state index contributed by atoms with van der Waals surface area (Å²) in [7, 11) is 0. The van der Waals surface area contributed by atoms with Crippen molar-refractivity contribution < 1.29 is 27.6 Å². The van der Waals surface area contributed by atoms with Gasteiger partial charge < -0.3 is 12.2 Å². The molecule has 0 aliphatic rings. The molecule has 16 heavy (non-hydrogen) atoms. The van der Waals surface area contributed by atoms with Crippen molar-refractivity contribution in [3.63, 3.8) is 0 Å². The quantitative estimate of drug-likeness (QED) is 0.167. The smallest absolute Gasteiger partial charge is 0.138 e. The molecule has 0 heterocycles. The Kier molecular flexibility index (Phi) is 13.2. The molecular formula is C9H22N4NbO2. The number of rotatable bonds is 9. The molecule has 95 valence electrons. The van der Waals surface area contributed by atoms with E-state index in [0.29, 0.717) is 11.8 Å². The first-order valence-electron chi connectivity index (χ1n) is 5.24. The average molecular weight is 311 g/mol. The van der Waals surface area contributed by atoms with Crippen molar-refractivity contribution in [3.8, 4) is 0 Å². The predicted octanol–water partition coefficient (Wildman–Crippen LogP) is 0.436. The molecule has 0 amide bonds. The third-order valence-corrected chi connectivity index (χ3v) is 2.01. The van der Waals surface area contributed by atoms with Crippen LogP contribution in [0.25, 0.3) is 0 Å². The fraction of sp³-hybridized carbons (Fsp3) is 0.889. The van der Waals surface area contributed by atoms with Crippen LogP contribution in [0.4, 0.5) is 0 Å². The van der Waals surface area contributed by atoms with Crippen LogP contribution in [0.15, 0.2) is 5.29 Å². The normalized spacial score (nSPS) is 10.4. The van der Waals surface area contributed by atoms with E-state index in [1.54, 1.807) is 5.01 Å². The molecule has 0 aromatic carbocycles. The minimum absolute atomic E-state index is 0. The Morgan fingerprint density at radius 2 is 2.06 bits per heavy atom.